The van der Waals surface area contributed by atoms with Gasteiger partial charge in [0.05, 0.1) is 0 Å². The van der Waals surface area contributed by atoms with Crippen molar-refractivity contribution in [3.8, 4) is 0 Å². The third kappa shape index (κ3) is 4.29. The van der Waals surface area contributed by atoms with Gasteiger partial charge in [-0.05, 0) is 49.2 Å². The van der Waals surface area contributed by atoms with Crippen molar-refractivity contribution in [3.05, 3.63) is 52.3 Å². The number of pyridine rings is 1. The normalized spacial score (nSPS) is 10.2. The molecular weight excluding hydrogens is 330 g/mol. The second-order valence-electron chi connectivity index (χ2n) is 4.77. The molecule has 0 aliphatic carbocycles. The van der Waals surface area contributed by atoms with Crippen molar-refractivity contribution in [2.75, 3.05) is 11.9 Å². The molecule has 21 heavy (non-hydrogen) atoms. The van der Waals surface area contributed by atoms with Gasteiger partial charge in [-0.3, -0.25) is 9.78 Å². The van der Waals surface area contributed by atoms with E-state index in [9.17, 15) is 4.79 Å². The lowest BCUT2D eigenvalue weighted by Crippen LogP contribution is -2.24. The molecule has 5 heteroatoms. The van der Waals surface area contributed by atoms with E-state index in [1.165, 1.54) is 0 Å². The largest absolute Gasteiger partial charge is 0.355 e. The molecule has 2 rings (SSSR count). The number of nitrogens with one attached hydrogen (secondary N) is 2. The Balaban J connectivity index is 2.13. The molecular formula is C16H18BrN3O. The van der Waals surface area contributed by atoms with Gasteiger partial charge < -0.3 is 10.6 Å². The van der Waals surface area contributed by atoms with Crippen LogP contribution in [0.1, 0.15) is 29.4 Å². The molecule has 0 fully saturated rings. The van der Waals surface area contributed by atoms with Gasteiger partial charge in [0.2, 0.25) is 0 Å². The number of anilines is 2. The van der Waals surface area contributed by atoms with Gasteiger partial charge in [-0.2, -0.15) is 0 Å². The van der Waals surface area contributed by atoms with Crippen molar-refractivity contribution < 1.29 is 4.79 Å². The fourth-order valence-corrected chi connectivity index (χ4v) is 2.10. The van der Waals surface area contributed by atoms with Crippen molar-refractivity contribution in [2.45, 2.75) is 20.3 Å². The highest BCUT2D eigenvalue weighted by Crippen LogP contribution is 2.23. The van der Waals surface area contributed by atoms with Crippen molar-refractivity contribution in [3.63, 3.8) is 0 Å². The lowest BCUT2D eigenvalue weighted by atomic mass is 10.2. The molecule has 0 aliphatic heterocycles. The molecule has 0 atom stereocenters. The maximum Gasteiger partial charge on any atom is 0.269 e. The van der Waals surface area contributed by atoms with E-state index in [1.807, 2.05) is 38.1 Å². The molecule has 0 bridgehead atoms. The SMILES string of the molecule is CCCNC(=O)c1cc(Nc2ccc(Br)c(C)c2)ccn1. The molecule has 0 unspecified atom stereocenters. The number of carbonyl (C=O) groups is 1. The zero-order valence-electron chi connectivity index (χ0n) is 12.1. The Morgan fingerprint density at radius 2 is 2.00 bits per heavy atom. The molecule has 0 radical (unpaired) electrons. The third-order valence-electron chi connectivity index (χ3n) is 2.97. The number of aryl methyl sites for hydroxylation is 1. The van der Waals surface area contributed by atoms with Gasteiger partial charge >= 0.3 is 0 Å². The standard InChI is InChI=1S/C16H18BrN3O/c1-3-7-19-16(21)15-10-13(6-8-18-15)20-12-4-5-14(17)11(2)9-12/h4-6,8-10H,3,7H2,1-2H3,(H,18,20)(H,19,21). The summed E-state index contributed by atoms with van der Waals surface area (Å²) >= 11 is 3.48. The number of hydrogen-bond acceptors (Lipinski definition) is 3. The first-order chi connectivity index (χ1) is 10.1. The maximum absolute atomic E-state index is 11.9. The summed E-state index contributed by atoms with van der Waals surface area (Å²) in [4.78, 5) is 16.0. The second kappa shape index (κ2) is 7.22. The highest BCUT2D eigenvalue weighted by Gasteiger charge is 2.07. The predicted molar refractivity (Wildman–Crippen MR) is 89.0 cm³/mol. The lowest BCUT2D eigenvalue weighted by Gasteiger charge is -2.09. The fraction of sp³-hybridized carbons (Fsp3) is 0.250. The van der Waals surface area contributed by atoms with Gasteiger partial charge in [-0.1, -0.05) is 22.9 Å². The number of nitrogens with zero attached hydrogens (tertiary/aromatic N) is 1. The van der Waals surface area contributed by atoms with Crippen LogP contribution in [0.15, 0.2) is 41.0 Å². The van der Waals surface area contributed by atoms with Crippen LogP contribution in [0.4, 0.5) is 11.4 Å². The van der Waals surface area contributed by atoms with E-state index >= 15 is 0 Å². The number of hydrogen-bond donors (Lipinski definition) is 2. The Kier molecular flexibility index (Phi) is 5.33. The molecule has 4 nitrogen and oxygen atoms in total. The molecule has 0 saturated carbocycles. The van der Waals surface area contributed by atoms with Gasteiger partial charge in [-0.15, -0.1) is 0 Å². The molecule has 110 valence electrons. The Bertz CT molecular complexity index is 643. The summed E-state index contributed by atoms with van der Waals surface area (Å²) in [6.45, 7) is 4.71. The van der Waals surface area contributed by atoms with Crippen LogP contribution in [0.25, 0.3) is 0 Å². The molecule has 2 aromatic rings. The molecule has 1 amide bonds. The second-order valence-corrected chi connectivity index (χ2v) is 5.63. The van der Waals surface area contributed by atoms with E-state index in [1.54, 1.807) is 12.3 Å². The summed E-state index contributed by atoms with van der Waals surface area (Å²) in [6, 6.07) is 9.61. The number of benzene rings is 1. The highest BCUT2D eigenvalue weighted by atomic mass is 79.9. The summed E-state index contributed by atoms with van der Waals surface area (Å²) in [5.74, 6) is -0.146. The number of carbonyl (C=O) groups excluding carboxylic acids is 1. The van der Waals surface area contributed by atoms with E-state index in [0.29, 0.717) is 12.2 Å². The summed E-state index contributed by atoms with van der Waals surface area (Å²) in [7, 11) is 0. The van der Waals surface area contributed by atoms with Crippen LogP contribution in [-0.2, 0) is 0 Å². The van der Waals surface area contributed by atoms with Crippen molar-refractivity contribution in [2.24, 2.45) is 0 Å². The first-order valence-corrected chi connectivity index (χ1v) is 7.67. The molecule has 0 spiro atoms. The van der Waals surface area contributed by atoms with E-state index in [4.69, 9.17) is 0 Å². The fourth-order valence-electron chi connectivity index (χ4n) is 1.85. The average Bonchev–Trinajstić information content (AvgIpc) is 2.49. The maximum atomic E-state index is 11.9. The Morgan fingerprint density at radius 3 is 2.71 bits per heavy atom. The number of amides is 1. The van der Waals surface area contributed by atoms with Gasteiger partial charge in [0, 0.05) is 28.6 Å². The zero-order valence-corrected chi connectivity index (χ0v) is 13.7. The van der Waals surface area contributed by atoms with E-state index in [2.05, 4.69) is 31.5 Å². The Hall–Kier alpha value is -1.88. The summed E-state index contributed by atoms with van der Waals surface area (Å²) in [5, 5.41) is 6.10. The smallest absolute Gasteiger partial charge is 0.269 e. The molecule has 0 saturated heterocycles. The quantitative estimate of drug-likeness (QED) is 0.858. The minimum Gasteiger partial charge on any atom is -0.355 e. The minimum absolute atomic E-state index is 0.146. The van der Waals surface area contributed by atoms with E-state index in [0.717, 1.165) is 27.8 Å². The third-order valence-corrected chi connectivity index (χ3v) is 3.86. The first kappa shape index (κ1) is 15.5. The van der Waals surface area contributed by atoms with E-state index in [-0.39, 0.29) is 5.91 Å². The monoisotopic (exact) mass is 347 g/mol. The Morgan fingerprint density at radius 1 is 1.24 bits per heavy atom. The first-order valence-electron chi connectivity index (χ1n) is 6.87. The van der Waals surface area contributed by atoms with Crippen LogP contribution in [0.3, 0.4) is 0 Å². The van der Waals surface area contributed by atoms with Gasteiger partial charge in [0.15, 0.2) is 0 Å². The lowest BCUT2D eigenvalue weighted by molar-refractivity contribution is 0.0949. The number of rotatable bonds is 5. The highest BCUT2D eigenvalue weighted by molar-refractivity contribution is 9.10. The summed E-state index contributed by atoms with van der Waals surface area (Å²) < 4.78 is 1.07. The van der Waals surface area contributed by atoms with Crippen LogP contribution in [0.2, 0.25) is 0 Å². The van der Waals surface area contributed by atoms with Gasteiger partial charge in [-0.25, -0.2) is 0 Å². The van der Waals surface area contributed by atoms with Crippen LogP contribution in [0, 0.1) is 6.92 Å². The van der Waals surface area contributed by atoms with Crippen LogP contribution in [-0.4, -0.2) is 17.4 Å². The van der Waals surface area contributed by atoms with Crippen molar-refractivity contribution >= 4 is 33.2 Å². The predicted octanol–water partition coefficient (Wildman–Crippen LogP) is 4.04. The Labute approximate surface area is 133 Å². The molecule has 1 aromatic heterocycles. The molecule has 1 heterocycles. The van der Waals surface area contributed by atoms with Crippen molar-refractivity contribution in [1.82, 2.24) is 10.3 Å². The number of aromatic nitrogens is 1. The van der Waals surface area contributed by atoms with Gasteiger partial charge in [0.25, 0.3) is 5.91 Å². The topological polar surface area (TPSA) is 54.0 Å². The van der Waals surface area contributed by atoms with Crippen LogP contribution < -0.4 is 10.6 Å². The molecule has 1 aromatic carbocycles. The number of halogens is 1. The molecule has 2 N–H and O–H groups in total. The zero-order chi connectivity index (χ0) is 15.2. The van der Waals surface area contributed by atoms with E-state index < -0.39 is 0 Å². The average molecular weight is 348 g/mol. The summed E-state index contributed by atoms with van der Waals surface area (Å²) in [6.07, 6.45) is 2.54. The van der Waals surface area contributed by atoms with Gasteiger partial charge in [0.1, 0.15) is 5.69 Å². The van der Waals surface area contributed by atoms with Crippen molar-refractivity contribution in [1.29, 1.82) is 0 Å². The van der Waals surface area contributed by atoms with Crippen LogP contribution >= 0.6 is 15.9 Å². The van der Waals surface area contributed by atoms with Crippen LogP contribution in [0.5, 0.6) is 0 Å². The summed E-state index contributed by atoms with van der Waals surface area (Å²) in [5.41, 5.74) is 3.38. The minimum atomic E-state index is -0.146. The molecule has 0 aliphatic rings.